The summed E-state index contributed by atoms with van der Waals surface area (Å²) in [5.74, 6) is 0.445. The predicted octanol–water partition coefficient (Wildman–Crippen LogP) is 1.86. The first-order chi connectivity index (χ1) is 8.72. The lowest BCUT2D eigenvalue weighted by Gasteiger charge is -2.12. The standard InChI is InChI=1S/C12H16FN5/c1-3-8-14-9(2)12-15-16-17-18(12)11-6-4-10(13)5-7-11/h4-7,9,14H,3,8H2,1-2H3. The van der Waals surface area contributed by atoms with Crippen molar-refractivity contribution in [3.05, 3.63) is 35.9 Å². The maximum atomic E-state index is 12.9. The summed E-state index contributed by atoms with van der Waals surface area (Å²) in [6.07, 6.45) is 1.04. The van der Waals surface area contributed by atoms with Gasteiger partial charge in [0.25, 0.3) is 0 Å². The van der Waals surface area contributed by atoms with Crippen LogP contribution in [0.4, 0.5) is 4.39 Å². The van der Waals surface area contributed by atoms with Gasteiger partial charge in [-0.25, -0.2) is 4.39 Å². The normalized spacial score (nSPS) is 12.6. The van der Waals surface area contributed by atoms with Gasteiger partial charge in [-0.05, 0) is 54.6 Å². The van der Waals surface area contributed by atoms with Crippen LogP contribution in [0.1, 0.15) is 32.1 Å². The SMILES string of the molecule is CCCNC(C)c1nnnn1-c1ccc(F)cc1. The third-order valence-electron chi connectivity index (χ3n) is 2.65. The van der Waals surface area contributed by atoms with Crippen molar-refractivity contribution in [3.8, 4) is 5.69 Å². The molecule has 1 aromatic heterocycles. The average Bonchev–Trinajstić information content (AvgIpc) is 2.86. The van der Waals surface area contributed by atoms with Crippen molar-refractivity contribution in [1.82, 2.24) is 25.5 Å². The van der Waals surface area contributed by atoms with Crippen LogP contribution in [0.2, 0.25) is 0 Å². The fourth-order valence-electron chi connectivity index (χ4n) is 1.68. The molecule has 0 aliphatic rings. The summed E-state index contributed by atoms with van der Waals surface area (Å²) in [4.78, 5) is 0. The van der Waals surface area contributed by atoms with E-state index in [4.69, 9.17) is 0 Å². The van der Waals surface area contributed by atoms with Gasteiger partial charge in [-0.15, -0.1) is 5.10 Å². The van der Waals surface area contributed by atoms with Crippen molar-refractivity contribution >= 4 is 0 Å². The first-order valence-corrected chi connectivity index (χ1v) is 6.00. The molecule has 0 fully saturated rings. The van der Waals surface area contributed by atoms with E-state index in [1.807, 2.05) is 6.92 Å². The second-order valence-corrected chi connectivity index (χ2v) is 4.10. The zero-order valence-corrected chi connectivity index (χ0v) is 10.5. The van der Waals surface area contributed by atoms with Crippen molar-refractivity contribution in [1.29, 1.82) is 0 Å². The van der Waals surface area contributed by atoms with Crippen LogP contribution in [0, 0.1) is 5.82 Å². The third kappa shape index (κ3) is 2.70. The monoisotopic (exact) mass is 249 g/mol. The highest BCUT2D eigenvalue weighted by Crippen LogP contribution is 2.14. The molecule has 96 valence electrons. The summed E-state index contributed by atoms with van der Waals surface area (Å²) in [6, 6.07) is 6.14. The highest BCUT2D eigenvalue weighted by Gasteiger charge is 2.14. The summed E-state index contributed by atoms with van der Waals surface area (Å²) in [6.45, 7) is 5.00. The number of nitrogens with one attached hydrogen (secondary N) is 1. The smallest absolute Gasteiger partial charge is 0.173 e. The van der Waals surface area contributed by atoms with Gasteiger partial charge in [0.05, 0.1) is 11.7 Å². The summed E-state index contributed by atoms with van der Waals surface area (Å²) in [5.41, 5.74) is 0.751. The molecule has 0 saturated carbocycles. The number of nitrogens with zero attached hydrogens (tertiary/aromatic N) is 4. The van der Waals surface area contributed by atoms with Crippen molar-refractivity contribution in [2.24, 2.45) is 0 Å². The lowest BCUT2D eigenvalue weighted by molar-refractivity contribution is 0.531. The molecule has 0 aliphatic heterocycles. The Morgan fingerprint density at radius 2 is 2.06 bits per heavy atom. The molecule has 0 aliphatic carbocycles. The number of tetrazole rings is 1. The third-order valence-corrected chi connectivity index (χ3v) is 2.65. The molecule has 0 amide bonds. The van der Waals surface area contributed by atoms with Crippen molar-refractivity contribution < 1.29 is 4.39 Å². The number of halogens is 1. The van der Waals surface area contributed by atoms with Crippen LogP contribution in [0.5, 0.6) is 0 Å². The van der Waals surface area contributed by atoms with Gasteiger partial charge in [0.1, 0.15) is 5.82 Å². The van der Waals surface area contributed by atoms with Crippen LogP contribution in [0.15, 0.2) is 24.3 Å². The molecule has 0 spiro atoms. The lowest BCUT2D eigenvalue weighted by Crippen LogP contribution is -2.22. The van der Waals surface area contributed by atoms with Crippen LogP contribution in [0.3, 0.4) is 0 Å². The molecule has 5 nitrogen and oxygen atoms in total. The molecule has 18 heavy (non-hydrogen) atoms. The Morgan fingerprint density at radius 1 is 1.33 bits per heavy atom. The maximum Gasteiger partial charge on any atom is 0.173 e. The first kappa shape index (κ1) is 12.6. The van der Waals surface area contributed by atoms with Crippen LogP contribution in [0.25, 0.3) is 5.69 Å². The maximum absolute atomic E-state index is 12.9. The Labute approximate surface area is 105 Å². The highest BCUT2D eigenvalue weighted by molar-refractivity contribution is 5.31. The average molecular weight is 249 g/mol. The fourth-order valence-corrected chi connectivity index (χ4v) is 1.68. The second-order valence-electron chi connectivity index (χ2n) is 4.10. The minimum Gasteiger partial charge on any atom is -0.307 e. The van der Waals surface area contributed by atoms with E-state index in [1.54, 1.807) is 16.8 Å². The minimum absolute atomic E-state index is 0.0463. The number of rotatable bonds is 5. The first-order valence-electron chi connectivity index (χ1n) is 6.00. The van der Waals surface area contributed by atoms with Crippen LogP contribution < -0.4 is 5.32 Å². The Kier molecular flexibility index (Phi) is 3.99. The topological polar surface area (TPSA) is 55.6 Å². The fraction of sp³-hybridized carbons (Fsp3) is 0.417. The summed E-state index contributed by atoms with van der Waals surface area (Å²) in [5, 5.41) is 14.9. The van der Waals surface area contributed by atoms with Crippen LogP contribution >= 0.6 is 0 Å². The van der Waals surface area contributed by atoms with Gasteiger partial charge in [0, 0.05) is 0 Å². The number of benzene rings is 1. The van der Waals surface area contributed by atoms with Crippen LogP contribution in [-0.4, -0.2) is 26.8 Å². The lowest BCUT2D eigenvalue weighted by atomic mass is 10.2. The Morgan fingerprint density at radius 3 is 2.72 bits per heavy atom. The van der Waals surface area contributed by atoms with E-state index in [-0.39, 0.29) is 11.9 Å². The number of hydrogen-bond acceptors (Lipinski definition) is 4. The number of hydrogen-bond donors (Lipinski definition) is 1. The van der Waals surface area contributed by atoms with Gasteiger partial charge in [-0.2, -0.15) is 4.68 Å². The molecule has 1 heterocycles. The van der Waals surface area contributed by atoms with Gasteiger partial charge >= 0.3 is 0 Å². The molecule has 1 atom stereocenters. The van der Waals surface area contributed by atoms with Gasteiger partial charge in [0.2, 0.25) is 0 Å². The van der Waals surface area contributed by atoms with Gasteiger partial charge < -0.3 is 5.32 Å². The Hall–Kier alpha value is -1.82. The molecule has 1 aromatic carbocycles. The summed E-state index contributed by atoms with van der Waals surface area (Å²) < 4.78 is 14.5. The zero-order valence-electron chi connectivity index (χ0n) is 10.5. The largest absolute Gasteiger partial charge is 0.307 e. The van der Waals surface area contributed by atoms with E-state index in [0.29, 0.717) is 0 Å². The van der Waals surface area contributed by atoms with E-state index >= 15 is 0 Å². The Bertz CT molecular complexity index is 493. The molecular weight excluding hydrogens is 233 g/mol. The molecule has 1 unspecified atom stereocenters. The van der Waals surface area contributed by atoms with Crippen molar-refractivity contribution in [2.45, 2.75) is 26.3 Å². The molecule has 0 bridgehead atoms. The van der Waals surface area contributed by atoms with Crippen molar-refractivity contribution in [3.63, 3.8) is 0 Å². The van der Waals surface area contributed by atoms with Crippen LogP contribution in [-0.2, 0) is 0 Å². The molecule has 0 saturated heterocycles. The van der Waals surface area contributed by atoms with E-state index < -0.39 is 0 Å². The summed E-state index contributed by atoms with van der Waals surface area (Å²) in [7, 11) is 0. The van der Waals surface area contributed by atoms with Gasteiger partial charge in [-0.1, -0.05) is 6.92 Å². The Balaban J connectivity index is 2.24. The second kappa shape index (κ2) is 5.68. The predicted molar refractivity (Wildman–Crippen MR) is 65.8 cm³/mol. The molecule has 2 aromatic rings. The van der Waals surface area contributed by atoms with Crippen molar-refractivity contribution in [2.75, 3.05) is 6.54 Å². The zero-order chi connectivity index (χ0) is 13.0. The van der Waals surface area contributed by atoms with E-state index in [9.17, 15) is 4.39 Å². The van der Waals surface area contributed by atoms with E-state index in [2.05, 4.69) is 27.8 Å². The molecule has 2 rings (SSSR count). The van der Waals surface area contributed by atoms with E-state index in [1.165, 1.54) is 12.1 Å². The van der Waals surface area contributed by atoms with E-state index in [0.717, 1.165) is 24.5 Å². The van der Waals surface area contributed by atoms with Gasteiger partial charge in [0.15, 0.2) is 5.82 Å². The number of aromatic nitrogens is 4. The molecule has 1 N–H and O–H groups in total. The quantitative estimate of drug-likeness (QED) is 0.878. The molecule has 0 radical (unpaired) electrons. The molecular formula is C12H16FN5. The highest BCUT2D eigenvalue weighted by atomic mass is 19.1. The molecule has 6 heteroatoms. The summed E-state index contributed by atoms with van der Waals surface area (Å²) >= 11 is 0. The minimum atomic E-state index is -0.273. The van der Waals surface area contributed by atoms with Gasteiger partial charge in [-0.3, -0.25) is 0 Å².